The van der Waals surface area contributed by atoms with Crippen LogP contribution >= 0.6 is 0 Å². The zero-order chi connectivity index (χ0) is 20.6. The molecule has 3 aliphatic rings. The Bertz CT molecular complexity index is 862. The van der Waals surface area contributed by atoms with Crippen molar-refractivity contribution in [3.05, 3.63) is 59.5 Å². The van der Waals surface area contributed by atoms with Crippen LogP contribution in [0.1, 0.15) is 48.3 Å². The van der Waals surface area contributed by atoms with E-state index < -0.39 is 0 Å². The number of piperidine rings is 1. The molecule has 2 saturated heterocycles. The number of likely N-dealkylation sites (N-methyl/N-ethyl adjacent to an activating group) is 1. The van der Waals surface area contributed by atoms with E-state index in [1.165, 1.54) is 29.5 Å². The van der Waals surface area contributed by atoms with Crippen molar-refractivity contribution in [2.75, 3.05) is 46.3 Å². The third-order valence-electron chi connectivity index (χ3n) is 7.69. The Morgan fingerprint density at radius 3 is 2.57 bits per heavy atom. The lowest BCUT2D eigenvalue weighted by Gasteiger charge is -2.40. The van der Waals surface area contributed by atoms with Crippen molar-refractivity contribution in [1.82, 2.24) is 14.7 Å². The standard InChI is InChI=1S/C25H33N3O2/c1-26-11-13-28(14-12-26)24(29)16-21-17-25(23-5-3-2-4-22(21)23)7-9-27(10-8-25)18-20-6-15-30-19-20/h2-6,15,19,21H,7-14,16-18H2,1H3/t21-/m0/s1. The molecule has 2 aliphatic heterocycles. The molecule has 1 spiro atoms. The Kier molecular flexibility index (Phi) is 5.42. The number of hydrogen-bond donors (Lipinski definition) is 0. The summed E-state index contributed by atoms with van der Waals surface area (Å²) >= 11 is 0. The highest BCUT2D eigenvalue weighted by molar-refractivity contribution is 5.77. The number of carbonyl (C=O) groups excluding carboxylic acids is 1. The molecule has 5 heteroatoms. The maximum absolute atomic E-state index is 13.1. The van der Waals surface area contributed by atoms with Crippen molar-refractivity contribution in [3.63, 3.8) is 0 Å². The van der Waals surface area contributed by atoms with Crippen molar-refractivity contribution >= 4 is 5.91 Å². The highest BCUT2D eigenvalue weighted by Gasteiger charge is 2.45. The quantitative estimate of drug-likeness (QED) is 0.778. The van der Waals surface area contributed by atoms with E-state index in [9.17, 15) is 4.79 Å². The van der Waals surface area contributed by atoms with Gasteiger partial charge in [-0.2, -0.15) is 0 Å². The molecule has 1 amide bonds. The lowest BCUT2D eigenvalue weighted by atomic mass is 9.73. The van der Waals surface area contributed by atoms with E-state index in [0.29, 0.717) is 18.2 Å². The third kappa shape index (κ3) is 3.81. The number of carbonyl (C=O) groups is 1. The second kappa shape index (κ2) is 8.20. The van der Waals surface area contributed by atoms with Crippen LogP contribution in [0.25, 0.3) is 0 Å². The van der Waals surface area contributed by atoms with E-state index in [-0.39, 0.29) is 5.41 Å². The van der Waals surface area contributed by atoms with Gasteiger partial charge in [0.2, 0.25) is 5.91 Å². The van der Waals surface area contributed by atoms with Gasteiger partial charge in [0.25, 0.3) is 0 Å². The van der Waals surface area contributed by atoms with Crippen LogP contribution in [-0.2, 0) is 16.8 Å². The van der Waals surface area contributed by atoms with E-state index in [4.69, 9.17) is 4.42 Å². The summed E-state index contributed by atoms with van der Waals surface area (Å²) in [5, 5.41) is 0. The summed E-state index contributed by atoms with van der Waals surface area (Å²) in [6, 6.07) is 11.0. The molecule has 160 valence electrons. The van der Waals surface area contributed by atoms with E-state index in [0.717, 1.165) is 52.2 Å². The Morgan fingerprint density at radius 1 is 1.07 bits per heavy atom. The van der Waals surface area contributed by atoms with Gasteiger partial charge in [-0.15, -0.1) is 0 Å². The fraction of sp³-hybridized carbons (Fsp3) is 0.560. The normalized spacial score (nSPS) is 24.3. The minimum absolute atomic E-state index is 0.247. The third-order valence-corrected chi connectivity index (χ3v) is 7.69. The second-order valence-electron chi connectivity index (χ2n) is 9.56. The van der Waals surface area contributed by atoms with Crippen molar-refractivity contribution in [2.45, 2.75) is 43.6 Å². The summed E-state index contributed by atoms with van der Waals surface area (Å²) in [6.45, 7) is 6.92. The molecular weight excluding hydrogens is 374 g/mol. The minimum Gasteiger partial charge on any atom is -0.472 e. The molecule has 1 aliphatic carbocycles. The van der Waals surface area contributed by atoms with Crippen molar-refractivity contribution in [2.24, 2.45) is 0 Å². The number of hydrogen-bond acceptors (Lipinski definition) is 4. The summed E-state index contributed by atoms with van der Waals surface area (Å²) in [7, 11) is 2.14. The smallest absolute Gasteiger partial charge is 0.223 e. The maximum Gasteiger partial charge on any atom is 0.223 e. The van der Waals surface area contributed by atoms with Gasteiger partial charge in [-0.3, -0.25) is 9.69 Å². The number of amides is 1. The summed E-state index contributed by atoms with van der Waals surface area (Å²) in [5.41, 5.74) is 4.46. The van der Waals surface area contributed by atoms with Gasteiger partial charge < -0.3 is 14.2 Å². The van der Waals surface area contributed by atoms with Gasteiger partial charge in [0.1, 0.15) is 0 Å². The highest BCUT2D eigenvalue weighted by atomic mass is 16.3. The van der Waals surface area contributed by atoms with Gasteiger partial charge in [0, 0.05) is 44.7 Å². The predicted molar refractivity (Wildman–Crippen MR) is 117 cm³/mol. The fourth-order valence-electron chi connectivity index (χ4n) is 5.86. The molecule has 0 unspecified atom stereocenters. The molecular formula is C25H33N3O2. The van der Waals surface area contributed by atoms with E-state index in [1.54, 1.807) is 6.26 Å². The molecule has 2 aromatic rings. The lowest BCUT2D eigenvalue weighted by Crippen LogP contribution is -2.47. The molecule has 5 nitrogen and oxygen atoms in total. The van der Waals surface area contributed by atoms with Crippen LogP contribution in [0.5, 0.6) is 0 Å². The number of fused-ring (bicyclic) bond motifs is 2. The van der Waals surface area contributed by atoms with Crippen LogP contribution < -0.4 is 0 Å². The van der Waals surface area contributed by atoms with Gasteiger partial charge in [-0.05, 0) is 67.9 Å². The Morgan fingerprint density at radius 2 is 1.83 bits per heavy atom. The van der Waals surface area contributed by atoms with Crippen LogP contribution in [0.3, 0.4) is 0 Å². The van der Waals surface area contributed by atoms with Crippen LogP contribution in [0.4, 0.5) is 0 Å². The molecule has 30 heavy (non-hydrogen) atoms. The average molecular weight is 408 g/mol. The van der Waals surface area contributed by atoms with Crippen LogP contribution in [-0.4, -0.2) is 66.9 Å². The molecule has 1 aromatic carbocycles. The molecule has 0 bridgehead atoms. The zero-order valence-corrected chi connectivity index (χ0v) is 18.1. The number of likely N-dealkylation sites (tertiary alicyclic amines) is 1. The average Bonchev–Trinajstić information content (AvgIpc) is 3.38. The first-order chi connectivity index (χ1) is 14.6. The van der Waals surface area contributed by atoms with Gasteiger partial charge >= 0.3 is 0 Å². The summed E-state index contributed by atoms with van der Waals surface area (Å²) in [4.78, 5) is 20.0. The van der Waals surface area contributed by atoms with Gasteiger partial charge in [0.05, 0.1) is 12.5 Å². The van der Waals surface area contributed by atoms with Gasteiger partial charge in [-0.25, -0.2) is 0 Å². The van der Waals surface area contributed by atoms with Crippen molar-refractivity contribution < 1.29 is 9.21 Å². The van der Waals surface area contributed by atoms with Crippen LogP contribution in [0.2, 0.25) is 0 Å². The molecule has 0 radical (unpaired) electrons. The van der Waals surface area contributed by atoms with E-state index in [2.05, 4.69) is 52.1 Å². The molecule has 2 fully saturated rings. The lowest BCUT2D eigenvalue weighted by molar-refractivity contribution is -0.133. The van der Waals surface area contributed by atoms with Crippen LogP contribution in [0.15, 0.2) is 47.3 Å². The number of rotatable bonds is 4. The largest absolute Gasteiger partial charge is 0.472 e. The molecule has 1 aromatic heterocycles. The molecule has 0 N–H and O–H groups in total. The topological polar surface area (TPSA) is 39.9 Å². The fourth-order valence-corrected chi connectivity index (χ4v) is 5.86. The first-order valence-electron chi connectivity index (χ1n) is 11.4. The monoisotopic (exact) mass is 407 g/mol. The minimum atomic E-state index is 0.247. The Labute approximate surface area is 179 Å². The summed E-state index contributed by atoms with van der Waals surface area (Å²) in [5.74, 6) is 0.714. The van der Waals surface area contributed by atoms with Gasteiger partial charge in [0.15, 0.2) is 0 Å². The maximum atomic E-state index is 13.1. The Balaban J connectivity index is 1.27. The molecule has 5 rings (SSSR count). The number of nitrogens with zero attached hydrogens (tertiary/aromatic N) is 3. The SMILES string of the molecule is CN1CCN(C(=O)C[C@H]2CC3(CCN(Cc4ccoc4)CC3)c3ccccc32)CC1. The zero-order valence-electron chi connectivity index (χ0n) is 18.1. The van der Waals surface area contributed by atoms with Gasteiger partial charge in [-0.1, -0.05) is 24.3 Å². The first kappa shape index (κ1) is 19.8. The molecule has 3 heterocycles. The van der Waals surface area contributed by atoms with Crippen molar-refractivity contribution in [1.29, 1.82) is 0 Å². The predicted octanol–water partition coefficient (Wildman–Crippen LogP) is 3.46. The summed E-state index contributed by atoms with van der Waals surface area (Å²) < 4.78 is 5.24. The molecule has 1 atom stereocenters. The second-order valence-corrected chi connectivity index (χ2v) is 9.56. The summed E-state index contributed by atoms with van der Waals surface area (Å²) in [6.07, 6.45) is 7.78. The highest BCUT2D eigenvalue weighted by Crippen LogP contribution is 2.52. The number of furan rings is 1. The van der Waals surface area contributed by atoms with Crippen molar-refractivity contribution in [3.8, 4) is 0 Å². The number of benzene rings is 1. The van der Waals surface area contributed by atoms with E-state index in [1.807, 2.05) is 6.26 Å². The number of piperazine rings is 1. The Hall–Kier alpha value is -2.11. The van der Waals surface area contributed by atoms with Crippen LogP contribution in [0, 0.1) is 0 Å². The molecule has 0 saturated carbocycles. The van der Waals surface area contributed by atoms with E-state index >= 15 is 0 Å². The first-order valence-corrected chi connectivity index (χ1v) is 11.4.